The summed E-state index contributed by atoms with van der Waals surface area (Å²) in [7, 11) is 14.3. The largest absolute Gasteiger partial charge is 0.633 e. The number of quaternary nitrogens is 2. The Kier molecular flexibility index (Phi) is 59.8. The summed E-state index contributed by atoms with van der Waals surface area (Å²) in [5, 5.41) is 60.3. The van der Waals surface area contributed by atoms with E-state index in [9.17, 15) is 68.6 Å². The molecule has 3 heterocycles. The minimum absolute atomic E-state index is 0.0322. The van der Waals surface area contributed by atoms with Crippen LogP contribution in [0.1, 0.15) is 322 Å². The minimum atomic E-state index is -0.911. The standard InChI is InChI=1S/C24H40N2O4.C24H38N2O3.C24H40N2O3.C24H38N2O2.C19H26O3.H2O2/c1-18(2)9-6-10-19(3)11-7-12-20-13-14-21(22(17-20)24(28)29)23(27)25-15-8-16-26(4,5)30;1-18(2)9-6-10-19(3)11-7-12-20-13-14-21-22(17-20)24(28)25(23(21)27)15-8-16-26(4,5)29;1-18(2)9-6-10-19(3)11-7-12-20-13-14-21(22(17-20)24(28)29)23(27)25-15-8-16-26(4)5;1-18(2)9-6-10-19(3)11-7-12-20-13-14-21-22(17-20)24(28)26(23(21)27)16-8-15-25(4)5;1-13(2)6-4-7-14(3)8-5-9-15-10-11-16-17(12-15)19(21)22-18(16)20;1-2/h9,11,13,21-22H,6-8,10,12,14-17H2,1-5H3,(H,25,27)(H,28,29);9,11,13,21-22H,6-8,10,12,14-17H2,1-5H3;9,11,13,21-22H,6-8,10,12,14-17H2,1-5H3,(H,25,27)(H,28,29);9,11,13,21-22H,6-8,10,12,14-17H2,1-5H3;6,8,10,16-17H,4-5,7,9,11-12H2,1-3H3;1-2H/b4*19-11+;14-8+;. The molecule has 0 radical (unpaired) electrons. The van der Waals surface area contributed by atoms with Gasteiger partial charge in [-0.2, -0.15) is 0 Å². The molecule has 3 saturated heterocycles. The third-order valence-corrected chi connectivity index (χ3v) is 27.2. The first kappa shape index (κ1) is 125. The molecule has 0 spiro atoms. The lowest BCUT2D eigenvalue weighted by Gasteiger charge is -2.34. The summed E-state index contributed by atoms with van der Waals surface area (Å²) in [4.78, 5) is 130. The normalized spacial score (nSPS) is 21.4. The van der Waals surface area contributed by atoms with Crippen LogP contribution in [-0.2, 0) is 52.7 Å². The van der Waals surface area contributed by atoms with Crippen molar-refractivity contribution in [1.82, 2.24) is 30.2 Å². The average Bonchev–Trinajstić information content (AvgIpc) is 1.91. The van der Waals surface area contributed by atoms with Gasteiger partial charge in [0.05, 0.1) is 100 Å². The number of imide groups is 2. The summed E-state index contributed by atoms with van der Waals surface area (Å²) < 4.78 is 3.94. The number of nitrogens with one attached hydrogen (secondary N) is 2. The van der Waals surface area contributed by atoms with Crippen molar-refractivity contribution in [3.63, 3.8) is 0 Å². The van der Waals surface area contributed by atoms with Crippen molar-refractivity contribution < 1.29 is 82.7 Å². The first-order valence-electron chi connectivity index (χ1n) is 51.9. The minimum Gasteiger partial charge on any atom is -0.633 e. The van der Waals surface area contributed by atoms with Crippen LogP contribution in [0.5, 0.6) is 0 Å². The fourth-order valence-corrected chi connectivity index (χ4v) is 18.9. The van der Waals surface area contributed by atoms with Crippen LogP contribution < -0.4 is 10.6 Å². The first-order chi connectivity index (χ1) is 66.0. The second-order valence-corrected chi connectivity index (χ2v) is 42.9. The number of fused-ring (bicyclic) bond motifs is 3. The lowest BCUT2D eigenvalue weighted by molar-refractivity contribution is -0.840. The van der Waals surface area contributed by atoms with Crippen LogP contribution >= 0.6 is 0 Å². The third kappa shape index (κ3) is 50.8. The van der Waals surface area contributed by atoms with Crippen molar-refractivity contribution in [1.29, 1.82) is 0 Å². The molecule has 10 unspecified atom stereocenters. The highest BCUT2D eigenvalue weighted by molar-refractivity contribution is 6.06. The molecule has 5 aliphatic carbocycles. The number of carbonyl (C=O) groups excluding carboxylic acids is 8. The lowest BCUT2D eigenvalue weighted by Crippen LogP contribution is -2.41. The smallest absolute Gasteiger partial charge is 0.317 e. The number of aliphatic carboxylic acids is 2. The molecule has 0 aromatic heterocycles. The quantitative estimate of drug-likeness (QED) is 0.00481. The molecule has 8 rings (SSSR count). The van der Waals surface area contributed by atoms with Gasteiger partial charge in [0, 0.05) is 39.0 Å². The number of cyclic esters (lactones) is 2. The van der Waals surface area contributed by atoms with Crippen molar-refractivity contribution >= 4 is 59.3 Å². The predicted octanol–water partition coefficient (Wildman–Crippen LogP) is 23.1. The van der Waals surface area contributed by atoms with Crippen LogP contribution in [0.15, 0.2) is 175 Å². The number of hydroxylamine groups is 6. The highest BCUT2D eigenvalue weighted by Crippen LogP contribution is 2.43. The number of esters is 2. The van der Waals surface area contributed by atoms with Crippen molar-refractivity contribution in [3.8, 4) is 0 Å². The molecule has 8 aliphatic rings. The van der Waals surface area contributed by atoms with E-state index in [2.05, 4.69) is 209 Å². The molecular weight excluding hydrogens is 1770 g/mol. The van der Waals surface area contributed by atoms with E-state index < -0.39 is 44.9 Å². The Hall–Kier alpha value is -8.92. The van der Waals surface area contributed by atoms with Crippen molar-refractivity contribution in [2.24, 2.45) is 59.2 Å². The molecule has 786 valence electrons. The zero-order valence-corrected chi connectivity index (χ0v) is 90.4. The summed E-state index contributed by atoms with van der Waals surface area (Å²) in [6.45, 7) is 36.6. The van der Waals surface area contributed by atoms with E-state index in [1.165, 1.54) is 87.8 Å². The van der Waals surface area contributed by atoms with Crippen LogP contribution in [0.3, 0.4) is 0 Å². The van der Waals surface area contributed by atoms with Gasteiger partial charge in [0.15, 0.2) is 0 Å². The highest BCUT2D eigenvalue weighted by Gasteiger charge is 2.50. The maximum Gasteiger partial charge on any atom is 0.317 e. The predicted molar refractivity (Wildman–Crippen MR) is 567 cm³/mol. The van der Waals surface area contributed by atoms with E-state index in [0.717, 1.165) is 173 Å². The molecule has 25 heteroatoms. The Morgan fingerprint density at radius 1 is 0.357 bits per heavy atom. The van der Waals surface area contributed by atoms with Crippen LogP contribution in [0.25, 0.3) is 0 Å². The number of rotatable bonds is 50. The molecule has 10 atom stereocenters. The first-order valence-corrected chi connectivity index (χ1v) is 51.9. The van der Waals surface area contributed by atoms with Crippen LogP contribution in [0, 0.1) is 69.6 Å². The van der Waals surface area contributed by atoms with E-state index in [4.69, 9.17) is 15.3 Å². The number of ether oxygens (including phenoxy) is 1. The molecule has 140 heavy (non-hydrogen) atoms. The molecule has 6 N–H and O–H groups in total. The van der Waals surface area contributed by atoms with E-state index in [1.54, 1.807) is 28.2 Å². The number of carbonyl (C=O) groups is 10. The zero-order valence-electron chi connectivity index (χ0n) is 90.4. The Balaban J connectivity index is 0.000000449. The summed E-state index contributed by atoms with van der Waals surface area (Å²) in [5.74, 6) is -6.10. The number of likely N-dealkylation sites (tertiary alicyclic amines) is 2. The zero-order chi connectivity index (χ0) is 105. The number of hydrogen-bond donors (Lipinski definition) is 6. The van der Waals surface area contributed by atoms with Crippen LogP contribution in [-0.4, -0.2) is 218 Å². The van der Waals surface area contributed by atoms with Gasteiger partial charge in [0.2, 0.25) is 35.4 Å². The van der Waals surface area contributed by atoms with Gasteiger partial charge in [0.1, 0.15) is 0 Å². The van der Waals surface area contributed by atoms with Crippen molar-refractivity contribution in [3.05, 3.63) is 185 Å². The Morgan fingerprint density at radius 2 is 0.621 bits per heavy atom. The Morgan fingerprint density at radius 3 is 0.929 bits per heavy atom. The molecule has 0 aromatic rings. The number of nitrogens with zero attached hydrogens (tertiary/aromatic N) is 6. The van der Waals surface area contributed by atoms with Crippen molar-refractivity contribution in [2.45, 2.75) is 322 Å². The van der Waals surface area contributed by atoms with E-state index >= 15 is 0 Å². The topological polar surface area (TPSA) is 344 Å². The molecular formula is C115H184N8O17. The van der Waals surface area contributed by atoms with Gasteiger partial charge in [-0.25, -0.2) is 0 Å². The molecule has 0 bridgehead atoms. The number of allylic oxidation sites excluding steroid dienone is 30. The maximum absolute atomic E-state index is 12.8. The molecule has 25 nitrogen and oxygen atoms in total. The number of carboxylic acids is 2. The Labute approximate surface area is 842 Å². The summed E-state index contributed by atoms with van der Waals surface area (Å²) >= 11 is 0. The monoisotopic (exact) mass is 1950 g/mol. The molecule has 6 amide bonds. The SMILES string of the molecule is CC(C)=CCC/C(C)=C/CCC1=CCC(C(=O)NCCCN(C)C)C(C(=O)O)C1.CC(C)=CCC/C(C)=C/CCC1=CCC(C(=O)NCCC[N+](C)(C)[O-])C(C(=O)O)C1.CC(C)=CCC/C(C)=C/CCC1=CCC2C(=O)N(CCCN(C)C)C(=O)C2C1.CC(C)=CCC/C(C)=C/CCC1=CCC2C(=O)N(CCC[N+](C)(C)[O-])C(=O)C2C1.CC(C)=CCC/C(C)=C/CCC1=CCC2C(=O)OC(=O)C2C1.OO. The number of amides is 6. The molecule has 0 aromatic carbocycles. The van der Waals surface area contributed by atoms with E-state index in [1.807, 2.05) is 34.3 Å². The fraction of sp³-hybridized carbons (Fsp3) is 0.652. The van der Waals surface area contributed by atoms with E-state index in [0.29, 0.717) is 103 Å². The molecule has 3 fully saturated rings. The summed E-state index contributed by atoms with van der Waals surface area (Å²) in [5.41, 5.74) is 20.0. The van der Waals surface area contributed by atoms with Crippen molar-refractivity contribution in [2.75, 3.05) is 109 Å². The summed E-state index contributed by atoms with van der Waals surface area (Å²) in [6, 6.07) is 0. The lowest BCUT2D eigenvalue weighted by atomic mass is 9.78. The van der Waals surface area contributed by atoms with Crippen LogP contribution in [0.2, 0.25) is 0 Å². The van der Waals surface area contributed by atoms with Gasteiger partial charge < -0.3 is 55.1 Å². The Bertz CT molecular complexity index is 4480. The number of carboxylic acid groups (broad SMARTS) is 2. The maximum atomic E-state index is 12.8. The van der Waals surface area contributed by atoms with E-state index in [-0.39, 0.29) is 82.9 Å². The second kappa shape index (κ2) is 66.8. The summed E-state index contributed by atoms with van der Waals surface area (Å²) in [6.07, 6.45) is 62.8. The average molecular weight is 1950 g/mol. The van der Waals surface area contributed by atoms with Crippen LogP contribution in [0.4, 0.5) is 0 Å². The second-order valence-electron chi connectivity index (χ2n) is 42.9. The molecule has 0 saturated carbocycles. The molecule has 3 aliphatic heterocycles. The highest BCUT2D eigenvalue weighted by atomic mass is 17.0. The van der Waals surface area contributed by atoms with Gasteiger partial charge in [-0.05, 0) is 351 Å². The van der Waals surface area contributed by atoms with Gasteiger partial charge in [-0.15, -0.1) is 0 Å². The van der Waals surface area contributed by atoms with Gasteiger partial charge in [0.25, 0.3) is 0 Å². The van der Waals surface area contributed by atoms with Gasteiger partial charge in [-0.1, -0.05) is 175 Å². The third-order valence-electron chi connectivity index (χ3n) is 27.2. The van der Waals surface area contributed by atoms with Gasteiger partial charge >= 0.3 is 23.9 Å². The fourth-order valence-electron chi connectivity index (χ4n) is 18.9. The van der Waals surface area contributed by atoms with Gasteiger partial charge in [-0.3, -0.25) is 68.3 Å². The number of hydrogen-bond acceptors (Lipinski definition) is 17.